The van der Waals surface area contributed by atoms with Crippen molar-refractivity contribution in [2.45, 2.75) is 12.8 Å². The lowest BCUT2D eigenvalue weighted by molar-refractivity contribution is -0.127. The number of hydrogen-bond acceptors (Lipinski definition) is 3. The van der Waals surface area contributed by atoms with Crippen LogP contribution >= 0.6 is 0 Å². The Labute approximate surface area is 93.5 Å². The standard InChI is InChI=1S/C11H14N2O3/c1-13(11(12)16)10(15)7-4-8-2-5-9(14)6-3-8/h2-3,5-6,14H,4,7H2,1H3,(H2,12,16). The summed E-state index contributed by atoms with van der Waals surface area (Å²) in [4.78, 5) is 23.0. The highest BCUT2D eigenvalue weighted by Crippen LogP contribution is 2.11. The second-order valence-electron chi connectivity index (χ2n) is 3.46. The minimum atomic E-state index is -0.754. The van der Waals surface area contributed by atoms with Crippen molar-refractivity contribution in [2.75, 3.05) is 7.05 Å². The number of rotatable bonds is 3. The molecule has 0 spiro atoms. The second-order valence-corrected chi connectivity index (χ2v) is 3.46. The highest BCUT2D eigenvalue weighted by Gasteiger charge is 2.12. The number of aromatic hydroxyl groups is 1. The molecule has 0 aliphatic heterocycles. The van der Waals surface area contributed by atoms with Crippen LogP contribution in [-0.4, -0.2) is 29.0 Å². The van der Waals surface area contributed by atoms with Crippen molar-refractivity contribution < 1.29 is 14.7 Å². The molecule has 0 aliphatic carbocycles. The topological polar surface area (TPSA) is 83.6 Å². The lowest BCUT2D eigenvalue weighted by Gasteiger charge is -2.11. The van der Waals surface area contributed by atoms with Crippen molar-refractivity contribution in [3.63, 3.8) is 0 Å². The van der Waals surface area contributed by atoms with E-state index in [1.54, 1.807) is 24.3 Å². The minimum Gasteiger partial charge on any atom is -0.508 e. The van der Waals surface area contributed by atoms with E-state index in [1.165, 1.54) is 7.05 Å². The molecule has 3 amide bonds. The number of phenols is 1. The molecule has 16 heavy (non-hydrogen) atoms. The molecule has 0 aromatic heterocycles. The summed E-state index contributed by atoms with van der Waals surface area (Å²) in [6, 6.07) is 5.81. The zero-order chi connectivity index (χ0) is 12.1. The van der Waals surface area contributed by atoms with Crippen molar-refractivity contribution >= 4 is 11.9 Å². The number of nitrogens with zero attached hydrogens (tertiary/aromatic N) is 1. The average molecular weight is 222 g/mol. The van der Waals surface area contributed by atoms with Crippen LogP contribution in [-0.2, 0) is 11.2 Å². The highest BCUT2D eigenvalue weighted by molar-refractivity contribution is 5.93. The number of amides is 3. The van der Waals surface area contributed by atoms with Gasteiger partial charge in [-0.15, -0.1) is 0 Å². The molecule has 5 nitrogen and oxygen atoms in total. The van der Waals surface area contributed by atoms with Gasteiger partial charge in [0.1, 0.15) is 5.75 Å². The average Bonchev–Trinajstić information content (AvgIpc) is 2.26. The third-order valence-electron chi connectivity index (χ3n) is 2.27. The van der Waals surface area contributed by atoms with Crippen LogP contribution < -0.4 is 5.73 Å². The summed E-state index contributed by atoms with van der Waals surface area (Å²) in [7, 11) is 1.35. The number of carbonyl (C=O) groups is 2. The maximum atomic E-state index is 11.4. The molecule has 1 aromatic carbocycles. The van der Waals surface area contributed by atoms with Crippen LogP contribution in [0.5, 0.6) is 5.75 Å². The van der Waals surface area contributed by atoms with Gasteiger partial charge in [0.25, 0.3) is 0 Å². The van der Waals surface area contributed by atoms with E-state index in [-0.39, 0.29) is 18.1 Å². The van der Waals surface area contributed by atoms with Crippen LogP contribution in [0.15, 0.2) is 24.3 Å². The van der Waals surface area contributed by atoms with Crippen LogP contribution in [0.3, 0.4) is 0 Å². The Morgan fingerprint density at radius 1 is 1.31 bits per heavy atom. The molecular weight excluding hydrogens is 208 g/mol. The van der Waals surface area contributed by atoms with E-state index in [0.717, 1.165) is 10.5 Å². The molecular formula is C11H14N2O3. The first kappa shape index (κ1) is 12.0. The maximum Gasteiger partial charge on any atom is 0.321 e. The first-order valence-corrected chi connectivity index (χ1v) is 4.84. The molecule has 86 valence electrons. The smallest absolute Gasteiger partial charge is 0.321 e. The lowest BCUT2D eigenvalue weighted by Crippen LogP contribution is -2.37. The zero-order valence-corrected chi connectivity index (χ0v) is 9.01. The van der Waals surface area contributed by atoms with E-state index in [2.05, 4.69) is 0 Å². The van der Waals surface area contributed by atoms with Gasteiger partial charge >= 0.3 is 6.03 Å². The summed E-state index contributed by atoms with van der Waals surface area (Å²) < 4.78 is 0. The molecule has 0 atom stereocenters. The Bertz CT molecular complexity index is 387. The molecule has 3 N–H and O–H groups in total. The van der Waals surface area contributed by atoms with Gasteiger partial charge in [0.05, 0.1) is 0 Å². The Morgan fingerprint density at radius 3 is 2.38 bits per heavy atom. The van der Waals surface area contributed by atoms with Gasteiger partial charge in [-0.3, -0.25) is 9.69 Å². The fourth-order valence-corrected chi connectivity index (χ4v) is 1.20. The third kappa shape index (κ3) is 3.27. The predicted molar refractivity (Wildman–Crippen MR) is 58.8 cm³/mol. The van der Waals surface area contributed by atoms with Crippen molar-refractivity contribution in [3.8, 4) is 5.75 Å². The number of imide groups is 1. The second kappa shape index (κ2) is 5.16. The van der Waals surface area contributed by atoms with Gasteiger partial charge < -0.3 is 10.8 Å². The van der Waals surface area contributed by atoms with Crippen LogP contribution in [0.4, 0.5) is 4.79 Å². The Hall–Kier alpha value is -2.04. The van der Waals surface area contributed by atoms with Crippen LogP contribution in [0, 0.1) is 0 Å². The first-order valence-electron chi connectivity index (χ1n) is 4.84. The van der Waals surface area contributed by atoms with Gasteiger partial charge in [-0.2, -0.15) is 0 Å². The molecule has 0 aliphatic rings. The Kier molecular flexibility index (Phi) is 3.88. The van der Waals surface area contributed by atoms with Crippen molar-refractivity contribution in [2.24, 2.45) is 5.73 Å². The van der Waals surface area contributed by atoms with Crippen molar-refractivity contribution in [1.29, 1.82) is 0 Å². The number of benzene rings is 1. The van der Waals surface area contributed by atoms with E-state index in [1.807, 2.05) is 0 Å². The largest absolute Gasteiger partial charge is 0.508 e. The number of nitrogens with two attached hydrogens (primary N) is 1. The van der Waals surface area contributed by atoms with Crippen LogP contribution in [0.1, 0.15) is 12.0 Å². The summed E-state index contributed by atoms with van der Waals surface area (Å²) in [5.74, 6) is -0.134. The fraction of sp³-hybridized carbons (Fsp3) is 0.273. The Balaban J connectivity index is 2.49. The van der Waals surface area contributed by atoms with Crippen molar-refractivity contribution in [1.82, 2.24) is 4.90 Å². The summed E-state index contributed by atoms with van der Waals surface area (Å²) in [5, 5.41) is 9.06. The van der Waals surface area contributed by atoms with Gasteiger partial charge in [-0.05, 0) is 24.1 Å². The highest BCUT2D eigenvalue weighted by atomic mass is 16.3. The third-order valence-corrected chi connectivity index (χ3v) is 2.27. The van der Waals surface area contributed by atoms with Gasteiger partial charge in [0.15, 0.2) is 0 Å². The summed E-state index contributed by atoms with van der Waals surface area (Å²) in [5.41, 5.74) is 5.88. The molecule has 5 heteroatoms. The number of phenolic OH excluding ortho intramolecular Hbond substituents is 1. The van der Waals surface area contributed by atoms with Gasteiger partial charge in [0.2, 0.25) is 5.91 Å². The fourth-order valence-electron chi connectivity index (χ4n) is 1.20. The van der Waals surface area contributed by atoms with E-state index in [0.29, 0.717) is 6.42 Å². The molecule has 0 heterocycles. The van der Waals surface area contributed by atoms with E-state index >= 15 is 0 Å². The maximum absolute atomic E-state index is 11.4. The zero-order valence-electron chi connectivity index (χ0n) is 9.01. The van der Waals surface area contributed by atoms with Gasteiger partial charge in [-0.25, -0.2) is 4.79 Å². The van der Waals surface area contributed by atoms with E-state index < -0.39 is 6.03 Å². The molecule has 0 saturated heterocycles. The number of aryl methyl sites for hydroxylation is 1. The minimum absolute atomic E-state index is 0.185. The number of urea groups is 1. The molecule has 1 rings (SSSR count). The van der Waals surface area contributed by atoms with Crippen molar-refractivity contribution in [3.05, 3.63) is 29.8 Å². The number of hydrogen-bond donors (Lipinski definition) is 2. The normalized spacial score (nSPS) is 9.81. The molecule has 0 saturated carbocycles. The molecule has 0 bridgehead atoms. The summed E-state index contributed by atoms with van der Waals surface area (Å²) in [6.07, 6.45) is 0.723. The summed E-state index contributed by atoms with van der Waals surface area (Å²) >= 11 is 0. The van der Waals surface area contributed by atoms with Gasteiger partial charge in [-0.1, -0.05) is 12.1 Å². The predicted octanol–water partition coefficient (Wildman–Crippen LogP) is 0.862. The summed E-state index contributed by atoms with van der Waals surface area (Å²) in [6.45, 7) is 0. The van der Waals surface area contributed by atoms with E-state index in [9.17, 15) is 9.59 Å². The quantitative estimate of drug-likeness (QED) is 0.795. The van der Waals surface area contributed by atoms with Gasteiger partial charge in [0, 0.05) is 13.5 Å². The SMILES string of the molecule is CN(C(N)=O)C(=O)CCc1ccc(O)cc1. The molecule has 0 radical (unpaired) electrons. The van der Waals surface area contributed by atoms with Crippen LogP contribution in [0.2, 0.25) is 0 Å². The Morgan fingerprint density at radius 2 is 1.88 bits per heavy atom. The molecule has 0 fully saturated rings. The molecule has 1 aromatic rings. The number of carbonyl (C=O) groups excluding carboxylic acids is 2. The monoisotopic (exact) mass is 222 g/mol. The van der Waals surface area contributed by atoms with E-state index in [4.69, 9.17) is 10.8 Å². The van der Waals surface area contributed by atoms with Crippen LogP contribution in [0.25, 0.3) is 0 Å². The first-order chi connectivity index (χ1) is 7.50. The number of primary amides is 1. The molecule has 0 unspecified atom stereocenters. The lowest BCUT2D eigenvalue weighted by atomic mass is 10.1.